The van der Waals surface area contributed by atoms with Gasteiger partial charge in [0.05, 0.1) is 6.61 Å². The topological polar surface area (TPSA) is 84.8 Å². The van der Waals surface area contributed by atoms with Crippen molar-refractivity contribution >= 4 is 0 Å². The maximum Gasteiger partial charge on any atom is 0.190 e. The Hall–Kier alpha value is -1.10. The number of rotatable bonds is 5. The van der Waals surface area contributed by atoms with Gasteiger partial charge in [0, 0.05) is 0 Å². The maximum absolute atomic E-state index is 10.2. The summed E-state index contributed by atoms with van der Waals surface area (Å²) < 4.78 is 41.6. The van der Waals surface area contributed by atoms with Crippen molar-refractivity contribution in [2.45, 2.75) is 148 Å². The zero-order valence-corrected chi connectivity index (χ0v) is 22.8. The molecule has 0 amide bonds. The standard InChI is InChI=1S/C18H24O4.C11H18O4.2CH4/c1-4-13-10-18(13)15(19-11-12-8-6-5-7-9-12)14-16(22-18)21-17(2,3)20-14;1-4-6-5-11(6)8(12)7-9(15-11)14-10(2,3)13-7;;/h5-9,13-16H,4,10-11H2,1-3H3;6-9,12H,4-5H2,1-3H3;2*1H4/t13-,14+,15?,16+,18+;6-,7+,8?,9+,11+;;/m11../s1. The minimum atomic E-state index is -0.630. The summed E-state index contributed by atoms with van der Waals surface area (Å²) in [5, 5.41) is 10.2. The van der Waals surface area contributed by atoms with Gasteiger partial charge in [0.1, 0.15) is 35.6 Å². The first-order valence-corrected chi connectivity index (χ1v) is 13.9. The number of ether oxygens (including phenoxy) is 7. The fourth-order valence-corrected chi connectivity index (χ4v) is 6.87. The van der Waals surface area contributed by atoms with E-state index in [0.717, 1.165) is 25.7 Å². The van der Waals surface area contributed by atoms with Crippen molar-refractivity contribution in [3.8, 4) is 0 Å². The third-order valence-corrected chi connectivity index (χ3v) is 8.89. The zero-order chi connectivity index (χ0) is 26.2. The Labute approximate surface area is 234 Å². The summed E-state index contributed by atoms with van der Waals surface area (Å²) in [6.45, 7) is 12.5. The van der Waals surface area contributed by atoms with Gasteiger partial charge in [0.2, 0.25) is 0 Å². The van der Waals surface area contributed by atoms with Crippen LogP contribution in [0.15, 0.2) is 30.3 Å². The quantitative estimate of drug-likeness (QED) is 0.511. The van der Waals surface area contributed by atoms with E-state index in [1.807, 2.05) is 45.9 Å². The summed E-state index contributed by atoms with van der Waals surface area (Å²) in [4.78, 5) is 0. The van der Waals surface area contributed by atoms with Gasteiger partial charge >= 0.3 is 0 Å². The van der Waals surface area contributed by atoms with Crippen LogP contribution in [-0.4, -0.2) is 64.9 Å². The van der Waals surface area contributed by atoms with E-state index in [1.54, 1.807) is 0 Å². The molecule has 10 atom stereocenters. The molecule has 2 unspecified atom stereocenters. The van der Waals surface area contributed by atoms with Crippen molar-refractivity contribution in [1.29, 1.82) is 0 Å². The molecular formula is C31H50O8. The Morgan fingerprint density at radius 2 is 1.26 bits per heavy atom. The molecule has 4 saturated heterocycles. The molecule has 2 spiro atoms. The molecule has 2 saturated carbocycles. The second kappa shape index (κ2) is 10.6. The number of hydrogen-bond acceptors (Lipinski definition) is 8. The Kier molecular flexibility index (Phi) is 8.41. The molecule has 8 heteroatoms. The minimum absolute atomic E-state index is 0. The van der Waals surface area contributed by atoms with Crippen LogP contribution >= 0.6 is 0 Å². The number of fused-ring (bicyclic) bond motifs is 2. The summed E-state index contributed by atoms with van der Waals surface area (Å²) in [5.41, 5.74) is 0.614. The van der Waals surface area contributed by atoms with Crippen molar-refractivity contribution in [1.82, 2.24) is 0 Å². The zero-order valence-electron chi connectivity index (χ0n) is 22.8. The molecule has 8 nitrogen and oxygen atoms in total. The number of aliphatic hydroxyl groups excluding tert-OH is 1. The van der Waals surface area contributed by atoms with Gasteiger partial charge in [-0.25, -0.2) is 0 Å². The van der Waals surface area contributed by atoms with Gasteiger partial charge in [-0.1, -0.05) is 71.9 Å². The summed E-state index contributed by atoms with van der Waals surface area (Å²) in [6.07, 6.45) is 2.42. The normalized spacial score (nSPS) is 45.1. The van der Waals surface area contributed by atoms with E-state index >= 15 is 0 Å². The van der Waals surface area contributed by atoms with E-state index in [-0.39, 0.29) is 56.9 Å². The van der Waals surface area contributed by atoms with Crippen molar-refractivity contribution in [2.75, 3.05) is 0 Å². The van der Waals surface area contributed by atoms with Crippen LogP contribution in [-0.2, 0) is 39.8 Å². The van der Waals surface area contributed by atoms with Crippen LogP contribution in [0.2, 0.25) is 0 Å². The third-order valence-electron chi connectivity index (χ3n) is 8.89. The van der Waals surface area contributed by atoms with Gasteiger partial charge in [0.15, 0.2) is 24.2 Å². The molecule has 1 N–H and O–H groups in total. The van der Waals surface area contributed by atoms with Crippen LogP contribution in [0, 0.1) is 11.8 Å². The van der Waals surface area contributed by atoms with Crippen molar-refractivity contribution in [3.63, 3.8) is 0 Å². The van der Waals surface area contributed by atoms with Gasteiger partial charge in [-0.05, 0) is 57.9 Å². The maximum atomic E-state index is 10.2. The monoisotopic (exact) mass is 550 g/mol. The van der Waals surface area contributed by atoms with Crippen LogP contribution in [0.1, 0.15) is 87.6 Å². The lowest BCUT2D eigenvalue weighted by molar-refractivity contribution is -0.227. The van der Waals surface area contributed by atoms with E-state index in [4.69, 9.17) is 33.2 Å². The fourth-order valence-electron chi connectivity index (χ4n) is 6.87. The van der Waals surface area contributed by atoms with E-state index in [2.05, 4.69) is 26.0 Å². The first-order valence-electron chi connectivity index (χ1n) is 13.9. The molecule has 0 bridgehead atoms. The molecule has 6 fully saturated rings. The number of aliphatic hydroxyl groups is 1. The average Bonchev–Trinajstić information content (AvgIpc) is 3.61. The minimum Gasteiger partial charge on any atom is -0.387 e. The van der Waals surface area contributed by atoms with Crippen molar-refractivity contribution < 1.29 is 38.3 Å². The molecule has 6 aliphatic rings. The molecule has 222 valence electrons. The van der Waals surface area contributed by atoms with E-state index < -0.39 is 17.7 Å². The number of benzene rings is 1. The molecule has 7 rings (SSSR count). The van der Waals surface area contributed by atoms with E-state index in [0.29, 0.717) is 18.4 Å². The van der Waals surface area contributed by atoms with Gasteiger partial charge in [-0.3, -0.25) is 0 Å². The van der Waals surface area contributed by atoms with Gasteiger partial charge in [-0.2, -0.15) is 0 Å². The van der Waals surface area contributed by atoms with Crippen LogP contribution in [0.3, 0.4) is 0 Å². The Balaban J connectivity index is 0.000000183. The van der Waals surface area contributed by atoms with E-state index in [1.165, 1.54) is 5.56 Å². The summed E-state index contributed by atoms with van der Waals surface area (Å²) >= 11 is 0. The SMILES string of the molecule is C.C.CC[C@@H]1C[C@]12O[C@@H]1OC(C)(C)O[C@H]1C2O.CC[C@@H]1C[C@]12O[C@@H]1OC(C)(C)O[C@H]1C2OCc1ccccc1. The molecule has 2 aliphatic carbocycles. The smallest absolute Gasteiger partial charge is 0.190 e. The van der Waals surface area contributed by atoms with Gasteiger partial charge in [-0.15, -0.1) is 0 Å². The van der Waals surface area contributed by atoms with E-state index in [9.17, 15) is 5.11 Å². The second-order valence-corrected chi connectivity index (χ2v) is 12.4. The highest BCUT2D eigenvalue weighted by Crippen LogP contribution is 2.61. The fraction of sp³-hybridized carbons (Fsp3) is 0.806. The lowest BCUT2D eigenvalue weighted by atomic mass is 10.1. The molecular weight excluding hydrogens is 500 g/mol. The lowest BCUT2D eigenvalue weighted by Crippen LogP contribution is -2.39. The Morgan fingerprint density at radius 3 is 1.79 bits per heavy atom. The molecule has 4 heterocycles. The summed E-state index contributed by atoms with van der Waals surface area (Å²) in [5.74, 6) is -0.209. The van der Waals surface area contributed by atoms with Crippen LogP contribution in [0.5, 0.6) is 0 Å². The highest BCUT2D eigenvalue weighted by atomic mass is 16.9. The lowest BCUT2D eigenvalue weighted by Gasteiger charge is -2.26. The highest BCUT2D eigenvalue weighted by Gasteiger charge is 2.72. The molecule has 4 aliphatic heterocycles. The van der Waals surface area contributed by atoms with Crippen LogP contribution < -0.4 is 0 Å². The number of hydrogen-bond donors (Lipinski definition) is 1. The largest absolute Gasteiger partial charge is 0.387 e. The first kappa shape index (κ1) is 30.8. The van der Waals surface area contributed by atoms with Crippen LogP contribution in [0.4, 0.5) is 0 Å². The molecule has 0 radical (unpaired) electrons. The first-order chi connectivity index (χ1) is 17.5. The predicted octanol–water partition coefficient (Wildman–Crippen LogP) is 5.54. The Morgan fingerprint density at radius 1 is 0.744 bits per heavy atom. The molecule has 39 heavy (non-hydrogen) atoms. The highest BCUT2D eigenvalue weighted by molar-refractivity contribution is 5.19. The second-order valence-electron chi connectivity index (χ2n) is 12.4. The molecule has 1 aromatic rings. The van der Waals surface area contributed by atoms with Gasteiger partial charge < -0.3 is 38.3 Å². The third kappa shape index (κ3) is 5.32. The summed E-state index contributed by atoms with van der Waals surface area (Å²) in [6, 6.07) is 10.3. The Bertz CT molecular complexity index is 984. The van der Waals surface area contributed by atoms with Gasteiger partial charge in [0.25, 0.3) is 0 Å². The van der Waals surface area contributed by atoms with Crippen molar-refractivity contribution in [2.24, 2.45) is 11.8 Å². The summed E-state index contributed by atoms with van der Waals surface area (Å²) in [7, 11) is 0. The predicted molar refractivity (Wildman–Crippen MR) is 147 cm³/mol. The molecule has 0 aromatic heterocycles. The van der Waals surface area contributed by atoms with Crippen molar-refractivity contribution in [3.05, 3.63) is 35.9 Å². The average molecular weight is 551 g/mol. The molecule has 1 aromatic carbocycles. The van der Waals surface area contributed by atoms with Crippen LogP contribution in [0.25, 0.3) is 0 Å².